The van der Waals surface area contributed by atoms with Crippen LogP contribution in [0.25, 0.3) is 17.2 Å². The number of benzene rings is 5. The maximum Gasteiger partial charge on any atom is 0.248 e. The summed E-state index contributed by atoms with van der Waals surface area (Å²) in [7, 11) is 0. The molecule has 0 saturated carbocycles. The summed E-state index contributed by atoms with van der Waals surface area (Å²) in [5, 5.41) is 5.72. The van der Waals surface area contributed by atoms with Crippen LogP contribution in [0.15, 0.2) is 133 Å². The van der Waals surface area contributed by atoms with Crippen LogP contribution >= 0.6 is 0 Å². The smallest absolute Gasteiger partial charge is 0.248 e. The highest BCUT2D eigenvalue weighted by Gasteiger charge is 2.17. The zero-order valence-corrected chi connectivity index (χ0v) is 23.2. The van der Waals surface area contributed by atoms with Crippen molar-refractivity contribution in [3.63, 3.8) is 0 Å². The Labute approximate surface area is 245 Å². The molecule has 206 valence electrons. The maximum atomic E-state index is 13.5. The van der Waals surface area contributed by atoms with Crippen LogP contribution in [0.5, 0.6) is 0 Å². The van der Waals surface area contributed by atoms with Gasteiger partial charge in [-0.05, 0) is 53.5 Å². The highest BCUT2D eigenvalue weighted by atomic mass is 16.2. The Bertz CT molecular complexity index is 1720. The van der Waals surface area contributed by atoms with E-state index in [0.29, 0.717) is 16.9 Å². The number of carbonyl (C=O) groups is 3. The first-order chi connectivity index (χ1) is 20.4. The highest BCUT2D eigenvalue weighted by molar-refractivity contribution is 6.15. The third-order valence-corrected chi connectivity index (χ3v) is 6.77. The summed E-state index contributed by atoms with van der Waals surface area (Å²) in [5.41, 5.74) is 6.67. The summed E-state index contributed by atoms with van der Waals surface area (Å²) in [6.45, 7) is 2.00. The average Bonchev–Trinajstić information content (AvgIpc) is 3.02. The number of aryl methyl sites for hydroxylation is 1. The zero-order valence-electron chi connectivity index (χ0n) is 23.2. The van der Waals surface area contributed by atoms with Gasteiger partial charge in [0.05, 0.1) is 12.1 Å². The molecule has 0 spiro atoms. The fourth-order valence-corrected chi connectivity index (χ4v) is 4.52. The molecule has 5 aromatic carbocycles. The number of rotatable bonds is 9. The second kappa shape index (κ2) is 13.2. The van der Waals surface area contributed by atoms with Gasteiger partial charge in [0.25, 0.3) is 0 Å². The third-order valence-electron chi connectivity index (χ3n) is 6.77. The Kier molecular flexibility index (Phi) is 8.80. The molecule has 0 bridgehead atoms. The molecule has 0 aliphatic heterocycles. The van der Waals surface area contributed by atoms with Crippen LogP contribution < -0.4 is 10.6 Å². The lowest BCUT2D eigenvalue weighted by Gasteiger charge is -2.13. The van der Waals surface area contributed by atoms with E-state index in [0.717, 1.165) is 27.8 Å². The minimum Gasteiger partial charge on any atom is -0.325 e. The van der Waals surface area contributed by atoms with Gasteiger partial charge >= 0.3 is 0 Å². The molecule has 5 heteroatoms. The molecule has 0 aromatic heterocycles. The van der Waals surface area contributed by atoms with Gasteiger partial charge in [0.2, 0.25) is 11.8 Å². The monoisotopic (exact) mass is 550 g/mol. The number of ketones is 1. The van der Waals surface area contributed by atoms with E-state index in [1.54, 1.807) is 48.5 Å². The molecule has 0 aliphatic rings. The number of nitrogens with one attached hydrogen (secondary N) is 2. The molecule has 5 rings (SSSR count). The minimum absolute atomic E-state index is 0.149. The number of anilines is 2. The Morgan fingerprint density at radius 3 is 2.00 bits per heavy atom. The number of hydrogen-bond donors (Lipinski definition) is 2. The second-order valence-corrected chi connectivity index (χ2v) is 9.98. The molecule has 0 fully saturated rings. The molecule has 0 unspecified atom stereocenters. The first kappa shape index (κ1) is 28.0. The standard InChI is InChI=1S/C37H30N2O3/c1-26-12-14-27(15-13-26)18-23-35(40)38-32-21-22-34(33(25-32)37(42)31-10-6-3-7-11-31)39-36(41)24-28-16-19-30(20-17-28)29-8-4-2-5-9-29/h2-23,25H,24H2,1H3,(H,38,40)(H,39,41)/b23-18+. The van der Waals surface area contributed by atoms with E-state index in [1.807, 2.05) is 91.9 Å². The average molecular weight is 551 g/mol. The predicted octanol–water partition coefficient (Wildman–Crippen LogP) is 7.73. The molecule has 2 amide bonds. The van der Waals surface area contributed by atoms with Gasteiger partial charge in [0.15, 0.2) is 5.78 Å². The molecule has 42 heavy (non-hydrogen) atoms. The van der Waals surface area contributed by atoms with Gasteiger partial charge in [-0.15, -0.1) is 0 Å². The molecule has 0 aliphatic carbocycles. The lowest BCUT2D eigenvalue weighted by atomic mass is 10.00. The van der Waals surface area contributed by atoms with Gasteiger partial charge in [-0.3, -0.25) is 14.4 Å². The molecule has 0 heterocycles. The number of amides is 2. The fourth-order valence-electron chi connectivity index (χ4n) is 4.52. The summed E-state index contributed by atoms with van der Waals surface area (Å²) >= 11 is 0. The van der Waals surface area contributed by atoms with Crippen LogP contribution in [0.3, 0.4) is 0 Å². The molecule has 5 nitrogen and oxygen atoms in total. The van der Waals surface area contributed by atoms with Gasteiger partial charge in [0.1, 0.15) is 0 Å². The summed E-state index contributed by atoms with van der Waals surface area (Å²) < 4.78 is 0. The van der Waals surface area contributed by atoms with Crippen molar-refractivity contribution in [2.24, 2.45) is 0 Å². The fraction of sp³-hybridized carbons (Fsp3) is 0.0541. The van der Waals surface area contributed by atoms with Crippen LogP contribution in [-0.2, 0) is 16.0 Å². The first-order valence-corrected chi connectivity index (χ1v) is 13.7. The summed E-state index contributed by atoms with van der Waals surface area (Å²) in [5.74, 6) is -0.837. The Balaban J connectivity index is 1.32. The van der Waals surface area contributed by atoms with Crippen molar-refractivity contribution in [1.82, 2.24) is 0 Å². The normalized spacial score (nSPS) is 10.8. The minimum atomic E-state index is -0.329. The second-order valence-electron chi connectivity index (χ2n) is 9.98. The molecule has 0 atom stereocenters. The van der Waals surface area contributed by atoms with Crippen molar-refractivity contribution in [1.29, 1.82) is 0 Å². The van der Waals surface area contributed by atoms with Crippen LogP contribution in [0.2, 0.25) is 0 Å². The first-order valence-electron chi connectivity index (χ1n) is 13.7. The van der Waals surface area contributed by atoms with Crippen LogP contribution in [0, 0.1) is 6.92 Å². The van der Waals surface area contributed by atoms with Crippen molar-refractivity contribution in [2.45, 2.75) is 13.3 Å². The van der Waals surface area contributed by atoms with E-state index in [1.165, 1.54) is 6.08 Å². The molecular weight excluding hydrogens is 520 g/mol. The topological polar surface area (TPSA) is 75.3 Å². The SMILES string of the molecule is Cc1ccc(/C=C/C(=O)Nc2ccc(NC(=O)Cc3ccc(-c4ccccc4)cc3)c(C(=O)c3ccccc3)c2)cc1. The van der Waals surface area contributed by atoms with Gasteiger partial charge in [0, 0.05) is 22.9 Å². The summed E-state index contributed by atoms with van der Waals surface area (Å²) in [6, 6.07) is 39.5. The van der Waals surface area contributed by atoms with Gasteiger partial charge in [-0.25, -0.2) is 0 Å². The van der Waals surface area contributed by atoms with Crippen LogP contribution in [-0.4, -0.2) is 17.6 Å². The van der Waals surface area contributed by atoms with Crippen LogP contribution in [0.4, 0.5) is 11.4 Å². The Hall–Kier alpha value is -5.55. The van der Waals surface area contributed by atoms with Gasteiger partial charge in [-0.2, -0.15) is 0 Å². The van der Waals surface area contributed by atoms with E-state index in [2.05, 4.69) is 10.6 Å². The molecule has 2 N–H and O–H groups in total. The largest absolute Gasteiger partial charge is 0.325 e. The van der Waals surface area contributed by atoms with Crippen molar-refractivity contribution in [2.75, 3.05) is 10.6 Å². The van der Waals surface area contributed by atoms with Crippen molar-refractivity contribution >= 4 is 35.0 Å². The van der Waals surface area contributed by atoms with Gasteiger partial charge in [-0.1, -0.05) is 115 Å². The lowest BCUT2D eigenvalue weighted by molar-refractivity contribution is -0.115. The summed E-state index contributed by atoms with van der Waals surface area (Å²) in [4.78, 5) is 39.2. The van der Waals surface area contributed by atoms with E-state index in [9.17, 15) is 14.4 Å². The Morgan fingerprint density at radius 1 is 0.667 bits per heavy atom. The van der Waals surface area contributed by atoms with E-state index < -0.39 is 0 Å². The number of carbonyl (C=O) groups excluding carboxylic acids is 3. The maximum absolute atomic E-state index is 13.5. The predicted molar refractivity (Wildman–Crippen MR) is 169 cm³/mol. The van der Waals surface area contributed by atoms with Crippen molar-refractivity contribution in [3.05, 3.63) is 161 Å². The zero-order chi connectivity index (χ0) is 29.3. The van der Waals surface area contributed by atoms with Crippen LogP contribution in [0.1, 0.15) is 32.6 Å². The molecule has 0 radical (unpaired) electrons. The van der Waals surface area contributed by atoms with E-state index in [4.69, 9.17) is 0 Å². The van der Waals surface area contributed by atoms with Crippen molar-refractivity contribution < 1.29 is 14.4 Å². The number of hydrogen-bond acceptors (Lipinski definition) is 3. The summed E-state index contributed by atoms with van der Waals surface area (Å²) in [6.07, 6.45) is 3.32. The molecule has 0 saturated heterocycles. The lowest BCUT2D eigenvalue weighted by Crippen LogP contribution is -2.18. The quantitative estimate of drug-likeness (QED) is 0.146. The molecular formula is C37H30N2O3. The molecule has 5 aromatic rings. The highest BCUT2D eigenvalue weighted by Crippen LogP contribution is 2.25. The Morgan fingerprint density at radius 2 is 1.31 bits per heavy atom. The van der Waals surface area contributed by atoms with Crippen molar-refractivity contribution in [3.8, 4) is 11.1 Å². The van der Waals surface area contributed by atoms with E-state index in [-0.39, 0.29) is 29.6 Å². The van der Waals surface area contributed by atoms with Gasteiger partial charge < -0.3 is 10.6 Å². The third kappa shape index (κ3) is 7.34. The van der Waals surface area contributed by atoms with E-state index >= 15 is 0 Å².